The van der Waals surface area contributed by atoms with E-state index in [1.807, 2.05) is 25.1 Å². The fraction of sp³-hybridized carbons (Fsp3) is 0.389. The van der Waals surface area contributed by atoms with Gasteiger partial charge in [0.2, 0.25) is 0 Å². The molecular weight excluding hydrogens is 292 g/mol. The predicted octanol–water partition coefficient (Wildman–Crippen LogP) is 2.39. The molecule has 1 amide bonds. The van der Waals surface area contributed by atoms with E-state index in [0.29, 0.717) is 12.3 Å². The van der Waals surface area contributed by atoms with Gasteiger partial charge in [0, 0.05) is 19.6 Å². The Morgan fingerprint density at radius 3 is 2.57 bits per heavy atom. The number of aryl methyl sites for hydroxylation is 1. The van der Waals surface area contributed by atoms with Crippen molar-refractivity contribution in [1.29, 1.82) is 0 Å². The van der Waals surface area contributed by atoms with Crippen LogP contribution in [-0.2, 0) is 4.74 Å². The first-order valence-corrected chi connectivity index (χ1v) is 7.95. The molecule has 0 saturated carbocycles. The quantitative estimate of drug-likeness (QED) is 0.921. The number of morpholine rings is 1. The zero-order chi connectivity index (χ0) is 16.1. The van der Waals surface area contributed by atoms with Crippen molar-refractivity contribution in [2.45, 2.75) is 13.0 Å². The Morgan fingerprint density at radius 2 is 1.91 bits per heavy atom. The number of nitrogens with zero attached hydrogens (tertiary/aromatic N) is 1. The van der Waals surface area contributed by atoms with Crippen molar-refractivity contribution >= 4 is 5.91 Å². The number of hydrogen-bond donors (Lipinski definition) is 1. The van der Waals surface area contributed by atoms with Crippen LogP contribution in [-0.4, -0.2) is 43.7 Å². The van der Waals surface area contributed by atoms with Gasteiger partial charge in [-0.3, -0.25) is 9.69 Å². The molecule has 5 heteroatoms. The summed E-state index contributed by atoms with van der Waals surface area (Å²) in [4.78, 5) is 14.6. The Labute approximate surface area is 136 Å². The number of ether oxygens (including phenoxy) is 1. The first kappa shape index (κ1) is 15.8. The number of carbonyl (C=O) groups is 1. The Bertz CT molecular complexity index is 633. The molecule has 0 aliphatic carbocycles. The van der Waals surface area contributed by atoms with E-state index in [9.17, 15) is 4.79 Å². The molecule has 3 rings (SSSR count). The molecule has 1 aromatic heterocycles. The van der Waals surface area contributed by atoms with Crippen molar-refractivity contribution in [2.24, 2.45) is 0 Å². The molecule has 23 heavy (non-hydrogen) atoms. The van der Waals surface area contributed by atoms with E-state index in [0.717, 1.165) is 32.1 Å². The first-order chi connectivity index (χ1) is 11.2. The fourth-order valence-electron chi connectivity index (χ4n) is 2.86. The van der Waals surface area contributed by atoms with Crippen molar-refractivity contribution < 1.29 is 13.9 Å². The second kappa shape index (κ2) is 7.44. The van der Waals surface area contributed by atoms with Crippen LogP contribution in [0.3, 0.4) is 0 Å². The van der Waals surface area contributed by atoms with Crippen molar-refractivity contribution in [3.8, 4) is 0 Å². The predicted molar refractivity (Wildman–Crippen MR) is 87.4 cm³/mol. The van der Waals surface area contributed by atoms with Crippen LogP contribution in [0.25, 0.3) is 0 Å². The molecule has 2 heterocycles. The maximum absolute atomic E-state index is 12.2. The second-order valence-corrected chi connectivity index (χ2v) is 5.70. The van der Waals surface area contributed by atoms with Crippen LogP contribution in [0.15, 0.2) is 46.9 Å². The highest BCUT2D eigenvalue weighted by Crippen LogP contribution is 2.21. The second-order valence-electron chi connectivity index (χ2n) is 5.70. The summed E-state index contributed by atoms with van der Waals surface area (Å²) in [5.41, 5.74) is 1.20. The van der Waals surface area contributed by atoms with Gasteiger partial charge in [-0.05, 0) is 24.6 Å². The van der Waals surface area contributed by atoms with Crippen LogP contribution in [0, 0.1) is 6.92 Å². The lowest BCUT2D eigenvalue weighted by Gasteiger charge is -2.34. The lowest BCUT2D eigenvalue weighted by Crippen LogP contribution is -2.43. The molecule has 1 aliphatic heterocycles. The van der Waals surface area contributed by atoms with Gasteiger partial charge < -0.3 is 14.5 Å². The van der Waals surface area contributed by atoms with Crippen LogP contribution in [0.1, 0.15) is 27.9 Å². The number of benzene rings is 1. The summed E-state index contributed by atoms with van der Waals surface area (Å²) in [6, 6.07) is 13.9. The Morgan fingerprint density at radius 1 is 1.17 bits per heavy atom. The highest BCUT2D eigenvalue weighted by atomic mass is 16.5. The molecule has 5 nitrogen and oxygen atoms in total. The number of furan rings is 1. The van der Waals surface area contributed by atoms with Crippen LogP contribution in [0.2, 0.25) is 0 Å². The molecule has 1 fully saturated rings. The first-order valence-electron chi connectivity index (χ1n) is 7.95. The average Bonchev–Trinajstić information content (AvgIpc) is 3.03. The maximum Gasteiger partial charge on any atom is 0.287 e. The molecule has 1 unspecified atom stereocenters. The zero-order valence-corrected chi connectivity index (χ0v) is 13.3. The van der Waals surface area contributed by atoms with Gasteiger partial charge in [0.05, 0.1) is 19.3 Å². The molecule has 122 valence electrons. The molecule has 0 radical (unpaired) electrons. The van der Waals surface area contributed by atoms with Crippen LogP contribution in [0.5, 0.6) is 0 Å². The lowest BCUT2D eigenvalue weighted by atomic mass is 10.0. The summed E-state index contributed by atoms with van der Waals surface area (Å²) in [6.07, 6.45) is 0. The van der Waals surface area contributed by atoms with Gasteiger partial charge in [0.15, 0.2) is 5.76 Å². The molecule has 1 aliphatic rings. The fourth-order valence-corrected chi connectivity index (χ4v) is 2.86. The van der Waals surface area contributed by atoms with Gasteiger partial charge in [-0.1, -0.05) is 30.3 Å². The minimum absolute atomic E-state index is 0.139. The Hall–Kier alpha value is -2.11. The Balaban J connectivity index is 1.69. The van der Waals surface area contributed by atoms with Crippen molar-refractivity contribution in [3.05, 3.63) is 59.5 Å². The smallest absolute Gasteiger partial charge is 0.287 e. The van der Waals surface area contributed by atoms with Crippen LogP contribution in [0.4, 0.5) is 0 Å². The average molecular weight is 314 g/mol. The van der Waals surface area contributed by atoms with Crippen molar-refractivity contribution in [3.63, 3.8) is 0 Å². The van der Waals surface area contributed by atoms with Gasteiger partial charge in [0.1, 0.15) is 5.76 Å². The van der Waals surface area contributed by atoms with E-state index < -0.39 is 0 Å². The third kappa shape index (κ3) is 4.00. The van der Waals surface area contributed by atoms with Gasteiger partial charge in [-0.2, -0.15) is 0 Å². The van der Waals surface area contributed by atoms with Gasteiger partial charge in [-0.15, -0.1) is 0 Å². The number of carbonyl (C=O) groups excluding carboxylic acids is 1. The molecule has 1 saturated heterocycles. The molecule has 1 aromatic carbocycles. The monoisotopic (exact) mass is 314 g/mol. The standard InChI is InChI=1S/C18H22N2O3/c1-14-7-8-17(23-14)18(21)19-13-16(15-5-3-2-4-6-15)20-9-11-22-12-10-20/h2-8,16H,9-13H2,1H3,(H,19,21). The maximum atomic E-state index is 12.2. The summed E-state index contributed by atoms with van der Waals surface area (Å²) in [5.74, 6) is 0.923. The lowest BCUT2D eigenvalue weighted by molar-refractivity contribution is 0.0161. The topological polar surface area (TPSA) is 54.7 Å². The van der Waals surface area contributed by atoms with E-state index in [-0.39, 0.29) is 11.9 Å². The number of amides is 1. The van der Waals surface area contributed by atoms with E-state index in [4.69, 9.17) is 9.15 Å². The van der Waals surface area contributed by atoms with E-state index in [1.165, 1.54) is 5.56 Å². The van der Waals surface area contributed by atoms with Crippen molar-refractivity contribution in [1.82, 2.24) is 10.2 Å². The summed E-state index contributed by atoms with van der Waals surface area (Å²) >= 11 is 0. The molecule has 1 N–H and O–H groups in total. The minimum Gasteiger partial charge on any atom is -0.456 e. The van der Waals surface area contributed by atoms with Crippen LogP contribution < -0.4 is 5.32 Å². The summed E-state index contributed by atoms with van der Waals surface area (Å²) < 4.78 is 10.8. The number of nitrogens with one attached hydrogen (secondary N) is 1. The zero-order valence-electron chi connectivity index (χ0n) is 13.3. The molecule has 0 spiro atoms. The summed E-state index contributed by atoms with van der Waals surface area (Å²) in [7, 11) is 0. The van der Waals surface area contributed by atoms with Gasteiger partial charge in [0.25, 0.3) is 5.91 Å². The minimum atomic E-state index is -0.174. The third-order valence-corrected chi connectivity index (χ3v) is 4.09. The number of rotatable bonds is 5. The molecule has 2 aromatic rings. The molecular formula is C18H22N2O3. The van der Waals surface area contributed by atoms with Crippen LogP contribution >= 0.6 is 0 Å². The molecule has 1 atom stereocenters. The molecule has 0 bridgehead atoms. The summed E-state index contributed by atoms with van der Waals surface area (Å²) in [5, 5.41) is 2.99. The van der Waals surface area contributed by atoms with E-state index in [1.54, 1.807) is 12.1 Å². The highest BCUT2D eigenvalue weighted by Gasteiger charge is 2.23. The van der Waals surface area contributed by atoms with Gasteiger partial charge in [-0.25, -0.2) is 0 Å². The summed E-state index contributed by atoms with van der Waals surface area (Å²) in [6.45, 7) is 5.58. The SMILES string of the molecule is Cc1ccc(C(=O)NCC(c2ccccc2)N2CCOCC2)o1. The Kier molecular flexibility index (Phi) is 5.10. The van der Waals surface area contributed by atoms with Crippen molar-refractivity contribution in [2.75, 3.05) is 32.8 Å². The van der Waals surface area contributed by atoms with E-state index >= 15 is 0 Å². The normalized spacial score (nSPS) is 16.9. The third-order valence-electron chi connectivity index (χ3n) is 4.09. The largest absolute Gasteiger partial charge is 0.456 e. The highest BCUT2D eigenvalue weighted by molar-refractivity contribution is 5.91. The van der Waals surface area contributed by atoms with Gasteiger partial charge >= 0.3 is 0 Å². The van der Waals surface area contributed by atoms with E-state index in [2.05, 4.69) is 22.3 Å². The number of hydrogen-bond acceptors (Lipinski definition) is 4.